The molecule has 1 saturated carbocycles. The molecule has 0 bridgehead atoms. The van der Waals surface area contributed by atoms with Crippen LogP contribution in [-0.2, 0) is 7.05 Å². The number of amides is 1. The van der Waals surface area contributed by atoms with Gasteiger partial charge in [-0.2, -0.15) is 5.10 Å². The van der Waals surface area contributed by atoms with E-state index in [-0.39, 0.29) is 5.91 Å². The first-order chi connectivity index (χ1) is 7.72. The maximum atomic E-state index is 12.0. The molecule has 0 aliphatic heterocycles. The molecule has 0 saturated heterocycles. The molecular weight excluding hydrogens is 270 g/mol. The zero-order chi connectivity index (χ0) is 11.5. The fourth-order valence-corrected chi connectivity index (χ4v) is 3.03. The third-order valence-corrected chi connectivity index (χ3v) is 4.06. The summed E-state index contributed by atoms with van der Waals surface area (Å²) >= 11 is 3.50. The second-order valence-electron chi connectivity index (χ2n) is 4.27. The van der Waals surface area contributed by atoms with Gasteiger partial charge in [0.2, 0.25) is 0 Å². The largest absolute Gasteiger partial charge is 0.348 e. The molecule has 1 aliphatic rings. The van der Waals surface area contributed by atoms with Crippen molar-refractivity contribution in [2.75, 3.05) is 5.33 Å². The third-order valence-electron chi connectivity index (χ3n) is 3.23. The Bertz CT molecular complexity index is 377. The van der Waals surface area contributed by atoms with Crippen LogP contribution < -0.4 is 5.32 Å². The molecule has 0 aromatic carbocycles. The van der Waals surface area contributed by atoms with Crippen molar-refractivity contribution in [1.82, 2.24) is 15.1 Å². The highest BCUT2D eigenvalue weighted by Crippen LogP contribution is 2.27. The number of rotatable bonds is 3. The summed E-state index contributed by atoms with van der Waals surface area (Å²) in [5, 5.41) is 8.05. The lowest BCUT2D eigenvalue weighted by molar-refractivity contribution is 0.0920. The van der Waals surface area contributed by atoms with Gasteiger partial charge in [-0.15, -0.1) is 0 Å². The number of hydrogen-bond donors (Lipinski definition) is 1. The Kier molecular flexibility index (Phi) is 3.63. The molecule has 1 amide bonds. The molecule has 1 heterocycles. The van der Waals surface area contributed by atoms with E-state index in [4.69, 9.17) is 0 Å². The van der Waals surface area contributed by atoms with Crippen LogP contribution in [0.25, 0.3) is 0 Å². The first kappa shape index (κ1) is 11.6. The molecule has 1 fully saturated rings. The molecule has 2 atom stereocenters. The van der Waals surface area contributed by atoms with Crippen molar-refractivity contribution in [1.29, 1.82) is 0 Å². The van der Waals surface area contributed by atoms with Gasteiger partial charge in [0.05, 0.1) is 0 Å². The van der Waals surface area contributed by atoms with Crippen LogP contribution in [0.1, 0.15) is 29.8 Å². The molecule has 0 spiro atoms. The number of nitrogens with zero attached hydrogens (tertiary/aromatic N) is 2. The lowest BCUT2D eigenvalue weighted by atomic mass is 10.1. The van der Waals surface area contributed by atoms with Gasteiger partial charge in [0.25, 0.3) is 5.91 Å². The van der Waals surface area contributed by atoms with Crippen molar-refractivity contribution in [3.05, 3.63) is 18.0 Å². The van der Waals surface area contributed by atoms with Crippen molar-refractivity contribution in [3.8, 4) is 0 Å². The van der Waals surface area contributed by atoms with E-state index in [2.05, 4.69) is 26.3 Å². The number of carbonyl (C=O) groups excluding carboxylic acids is 1. The van der Waals surface area contributed by atoms with Crippen molar-refractivity contribution >= 4 is 21.8 Å². The molecule has 0 radical (unpaired) electrons. The highest BCUT2D eigenvalue weighted by atomic mass is 79.9. The van der Waals surface area contributed by atoms with E-state index in [0.717, 1.165) is 11.8 Å². The van der Waals surface area contributed by atoms with E-state index in [1.54, 1.807) is 24.0 Å². The third kappa shape index (κ3) is 2.29. The number of carbonyl (C=O) groups is 1. The van der Waals surface area contributed by atoms with Crippen LogP contribution in [0.4, 0.5) is 0 Å². The molecule has 2 unspecified atom stereocenters. The summed E-state index contributed by atoms with van der Waals surface area (Å²) in [4.78, 5) is 12.0. The van der Waals surface area contributed by atoms with E-state index in [1.165, 1.54) is 12.8 Å². The smallest absolute Gasteiger partial charge is 0.269 e. The van der Waals surface area contributed by atoms with E-state index in [0.29, 0.717) is 17.7 Å². The van der Waals surface area contributed by atoms with Crippen LogP contribution >= 0.6 is 15.9 Å². The summed E-state index contributed by atoms with van der Waals surface area (Å²) in [5.74, 6) is 0.551. The summed E-state index contributed by atoms with van der Waals surface area (Å²) in [6.45, 7) is 0. The quantitative estimate of drug-likeness (QED) is 0.860. The molecule has 1 aromatic heterocycles. The molecule has 1 aliphatic carbocycles. The molecule has 4 nitrogen and oxygen atoms in total. The predicted octanol–water partition coefficient (Wildman–Crippen LogP) is 1.71. The Morgan fingerprint density at radius 2 is 2.50 bits per heavy atom. The topological polar surface area (TPSA) is 46.9 Å². The van der Waals surface area contributed by atoms with Gasteiger partial charge in [0, 0.05) is 24.6 Å². The number of aryl methyl sites for hydroxylation is 1. The van der Waals surface area contributed by atoms with Gasteiger partial charge >= 0.3 is 0 Å². The average molecular weight is 286 g/mol. The second-order valence-corrected chi connectivity index (χ2v) is 4.91. The summed E-state index contributed by atoms with van der Waals surface area (Å²) in [6.07, 6.45) is 5.12. The lowest BCUT2D eigenvalue weighted by Gasteiger charge is -2.18. The highest BCUT2D eigenvalue weighted by Gasteiger charge is 2.28. The number of nitrogens with one attached hydrogen (secondary N) is 1. The van der Waals surface area contributed by atoms with Crippen molar-refractivity contribution in [3.63, 3.8) is 0 Å². The normalized spacial score (nSPS) is 24.6. The lowest BCUT2D eigenvalue weighted by Crippen LogP contribution is -2.38. The molecule has 16 heavy (non-hydrogen) atoms. The Labute approximate surface area is 104 Å². The predicted molar refractivity (Wildman–Crippen MR) is 65.6 cm³/mol. The number of alkyl halides is 1. The minimum absolute atomic E-state index is 0.0159. The summed E-state index contributed by atoms with van der Waals surface area (Å²) < 4.78 is 1.60. The van der Waals surface area contributed by atoms with Gasteiger partial charge in [0.15, 0.2) is 0 Å². The Morgan fingerprint density at radius 1 is 1.69 bits per heavy atom. The average Bonchev–Trinajstić information content (AvgIpc) is 2.86. The van der Waals surface area contributed by atoms with Gasteiger partial charge in [-0.25, -0.2) is 0 Å². The number of halogens is 1. The van der Waals surface area contributed by atoms with Crippen LogP contribution in [-0.4, -0.2) is 27.1 Å². The maximum Gasteiger partial charge on any atom is 0.269 e. The monoisotopic (exact) mass is 285 g/mol. The summed E-state index contributed by atoms with van der Waals surface area (Å²) in [6, 6.07) is 2.05. The van der Waals surface area contributed by atoms with Crippen molar-refractivity contribution < 1.29 is 4.79 Å². The minimum Gasteiger partial charge on any atom is -0.348 e. The van der Waals surface area contributed by atoms with Crippen LogP contribution in [0.15, 0.2) is 12.3 Å². The van der Waals surface area contributed by atoms with E-state index >= 15 is 0 Å². The Hall–Kier alpha value is -0.840. The van der Waals surface area contributed by atoms with Crippen molar-refractivity contribution in [2.24, 2.45) is 13.0 Å². The van der Waals surface area contributed by atoms with E-state index in [9.17, 15) is 4.79 Å². The molecule has 1 N–H and O–H groups in total. The van der Waals surface area contributed by atoms with Gasteiger partial charge in [-0.1, -0.05) is 22.4 Å². The van der Waals surface area contributed by atoms with Gasteiger partial charge in [0.1, 0.15) is 5.69 Å². The minimum atomic E-state index is -0.0159. The standard InChI is InChI=1S/C11H16BrN3O/c1-15-10(5-6-13-15)11(16)14-9-4-2-3-8(9)7-12/h5-6,8-9H,2-4,7H2,1H3,(H,14,16). The van der Waals surface area contributed by atoms with Crippen LogP contribution in [0.5, 0.6) is 0 Å². The second kappa shape index (κ2) is 4.99. The van der Waals surface area contributed by atoms with Crippen LogP contribution in [0.3, 0.4) is 0 Å². The Balaban J connectivity index is 2.00. The van der Waals surface area contributed by atoms with E-state index in [1.807, 2.05) is 0 Å². The number of aromatic nitrogens is 2. The molecular formula is C11H16BrN3O. The molecule has 88 valence electrons. The molecule has 5 heteroatoms. The fraction of sp³-hybridized carbons (Fsp3) is 0.636. The Morgan fingerprint density at radius 3 is 3.12 bits per heavy atom. The molecule has 2 rings (SSSR count). The summed E-state index contributed by atoms with van der Waals surface area (Å²) in [5.41, 5.74) is 0.625. The summed E-state index contributed by atoms with van der Waals surface area (Å²) in [7, 11) is 1.78. The first-order valence-corrected chi connectivity index (χ1v) is 6.69. The SMILES string of the molecule is Cn1nccc1C(=O)NC1CCCC1CBr. The molecule has 1 aromatic rings. The zero-order valence-corrected chi connectivity index (χ0v) is 10.9. The maximum absolute atomic E-state index is 12.0. The highest BCUT2D eigenvalue weighted by molar-refractivity contribution is 9.09. The van der Waals surface area contributed by atoms with Gasteiger partial charge in [-0.05, 0) is 24.8 Å². The van der Waals surface area contributed by atoms with Crippen molar-refractivity contribution in [2.45, 2.75) is 25.3 Å². The first-order valence-electron chi connectivity index (χ1n) is 5.57. The van der Waals surface area contributed by atoms with E-state index < -0.39 is 0 Å². The van der Waals surface area contributed by atoms with Gasteiger partial charge in [-0.3, -0.25) is 9.48 Å². The zero-order valence-electron chi connectivity index (χ0n) is 9.32. The number of hydrogen-bond acceptors (Lipinski definition) is 2. The fourth-order valence-electron chi connectivity index (χ4n) is 2.25. The van der Waals surface area contributed by atoms with Gasteiger partial charge < -0.3 is 5.32 Å². The van der Waals surface area contributed by atoms with Crippen LogP contribution in [0.2, 0.25) is 0 Å². The van der Waals surface area contributed by atoms with Crippen LogP contribution in [0, 0.1) is 5.92 Å².